The average molecular weight is 267 g/mol. The lowest BCUT2D eigenvalue weighted by Crippen LogP contribution is -2.40. The third-order valence-electron chi connectivity index (χ3n) is 3.75. The average Bonchev–Trinajstić information content (AvgIpc) is 2.90. The standard InChI is InChI=1S/C14H15F2NO2/c15-11-6-9-2-1-4-17(13(9)12(16)7-11)14(18)10-3-5-19-8-10/h6-7,10H,1-5,8H2. The highest BCUT2D eigenvalue weighted by atomic mass is 19.1. The summed E-state index contributed by atoms with van der Waals surface area (Å²) in [4.78, 5) is 13.9. The van der Waals surface area contributed by atoms with Crippen molar-refractivity contribution in [3.8, 4) is 0 Å². The molecule has 5 heteroatoms. The zero-order valence-electron chi connectivity index (χ0n) is 10.5. The van der Waals surface area contributed by atoms with Crippen LogP contribution in [0.3, 0.4) is 0 Å². The predicted molar refractivity (Wildman–Crippen MR) is 66.0 cm³/mol. The molecule has 0 spiro atoms. The van der Waals surface area contributed by atoms with Crippen LogP contribution in [0, 0.1) is 17.6 Å². The fourth-order valence-corrected chi connectivity index (χ4v) is 2.82. The van der Waals surface area contributed by atoms with Crippen molar-refractivity contribution in [2.24, 2.45) is 5.92 Å². The Labute approximate surface area is 110 Å². The number of halogens is 2. The molecule has 3 nitrogen and oxygen atoms in total. The van der Waals surface area contributed by atoms with Crippen LogP contribution in [0.5, 0.6) is 0 Å². The molecule has 19 heavy (non-hydrogen) atoms. The number of fused-ring (bicyclic) bond motifs is 1. The fourth-order valence-electron chi connectivity index (χ4n) is 2.82. The van der Waals surface area contributed by atoms with Gasteiger partial charge in [-0.05, 0) is 30.9 Å². The summed E-state index contributed by atoms with van der Waals surface area (Å²) >= 11 is 0. The number of carbonyl (C=O) groups excluding carboxylic acids is 1. The Hall–Kier alpha value is -1.49. The Kier molecular flexibility index (Phi) is 3.22. The largest absolute Gasteiger partial charge is 0.381 e. The number of hydrogen-bond donors (Lipinski definition) is 0. The molecule has 1 amide bonds. The Morgan fingerprint density at radius 3 is 2.95 bits per heavy atom. The lowest BCUT2D eigenvalue weighted by atomic mass is 9.98. The van der Waals surface area contributed by atoms with Crippen LogP contribution in [0.25, 0.3) is 0 Å². The van der Waals surface area contributed by atoms with E-state index < -0.39 is 11.6 Å². The second kappa shape index (κ2) is 4.89. The summed E-state index contributed by atoms with van der Waals surface area (Å²) in [7, 11) is 0. The molecule has 0 aliphatic carbocycles. The topological polar surface area (TPSA) is 29.5 Å². The summed E-state index contributed by atoms with van der Waals surface area (Å²) in [6.45, 7) is 1.46. The maximum absolute atomic E-state index is 14.0. The van der Waals surface area contributed by atoms with Gasteiger partial charge in [-0.15, -0.1) is 0 Å². The maximum atomic E-state index is 14.0. The van der Waals surface area contributed by atoms with Gasteiger partial charge in [0.05, 0.1) is 18.2 Å². The number of anilines is 1. The molecule has 0 aromatic heterocycles. The second-order valence-electron chi connectivity index (χ2n) is 5.05. The Balaban J connectivity index is 1.95. The van der Waals surface area contributed by atoms with Crippen molar-refractivity contribution in [1.82, 2.24) is 0 Å². The number of ether oxygens (including phenoxy) is 1. The molecule has 2 heterocycles. The summed E-state index contributed by atoms with van der Waals surface area (Å²) in [6.07, 6.45) is 2.01. The molecule has 0 N–H and O–H groups in total. The number of benzene rings is 1. The molecular weight excluding hydrogens is 252 g/mol. The Morgan fingerprint density at radius 1 is 1.37 bits per heavy atom. The molecule has 1 atom stereocenters. The summed E-state index contributed by atoms with van der Waals surface area (Å²) in [5.41, 5.74) is 0.834. The molecular formula is C14H15F2NO2. The zero-order valence-corrected chi connectivity index (χ0v) is 10.5. The van der Waals surface area contributed by atoms with Crippen LogP contribution in [0.4, 0.5) is 14.5 Å². The molecule has 1 unspecified atom stereocenters. The summed E-state index contributed by atoms with van der Waals surface area (Å²) in [5.74, 6) is -1.55. The van der Waals surface area contributed by atoms with Gasteiger partial charge < -0.3 is 9.64 Å². The molecule has 1 fully saturated rings. The van der Waals surface area contributed by atoms with E-state index in [0.29, 0.717) is 38.2 Å². The minimum Gasteiger partial charge on any atom is -0.381 e. The van der Waals surface area contributed by atoms with Crippen molar-refractivity contribution in [1.29, 1.82) is 0 Å². The first-order chi connectivity index (χ1) is 9.16. The summed E-state index contributed by atoms with van der Waals surface area (Å²) in [5, 5.41) is 0. The maximum Gasteiger partial charge on any atom is 0.232 e. The summed E-state index contributed by atoms with van der Waals surface area (Å²) < 4.78 is 32.4. The van der Waals surface area contributed by atoms with Crippen molar-refractivity contribution in [2.45, 2.75) is 19.3 Å². The van der Waals surface area contributed by atoms with Crippen LogP contribution >= 0.6 is 0 Å². The Bertz CT molecular complexity index is 512. The van der Waals surface area contributed by atoms with E-state index in [1.807, 2.05) is 0 Å². The van der Waals surface area contributed by atoms with Gasteiger partial charge in [-0.2, -0.15) is 0 Å². The molecule has 1 aromatic rings. The molecule has 2 aliphatic rings. The van der Waals surface area contributed by atoms with Gasteiger partial charge in [0.15, 0.2) is 0 Å². The van der Waals surface area contributed by atoms with E-state index >= 15 is 0 Å². The zero-order chi connectivity index (χ0) is 13.4. The monoisotopic (exact) mass is 267 g/mol. The van der Waals surface area contributed by atoms with Crippen molar-refractivity contribution >= 4 is 11.6 Å². The molecule has 3 rings (SSSR count). The molecule has 102 valence electrons. The van der Waals surface area contributed by atoms with Gasteiger partial charge in [-0.1, -0.05) is 0 Å². The van der Waals surface area contributed by atoms with E-state index in [0.717, 1.165) is 12.5 Å². The first kappa shape index (κ1) is 12.5. The minimum absolute atomic E-state index is 0.107. The van der Waals surface area contributed by atoms with Gasteiger partial charge in [0.2, 0.25) is 5.91 Å². The molecule has 0 radical (unpaired) electrons. The van der Waals surface area contributed by atoms with Crippen LogP contribution in [0.15, 0.2) is 12.1 Å². The van der Waals surface area contributed by atoms with Gasteiger partial charge in [0.25, 0.3) is 0 Å². The number of nitrogens with zero attached hydrogens (tertiary/aromatic N) is 1. The molecule has 1 saturated heterocycles. The van der Waals surface area contributed by atoms with Gasteiger partial charge in [-0.3, -0.25) is 4.79 Å². The fraction of sp³-hybridized carbons (Fsp3) is 0.500. The van der Waals surface area contributed by atoms with E-state index in [4.69, 9.17) is 4.74 Å². The number of rotatable bonds is 1. The normalized spacial score (nSPS) is 22.4. The van der Waals surface area contributed by atoms with Crippen molar-refractivity contribution < 1.29 is 18.3 Å². The minimum atomic E-state index is -0.651. The van der Waals surface area contributed by atoms with Gasteiger partial charge in [0, 0.05) is 19.2 Å². The first-order valence-electron chi connectivity index (χ1n) is 6.54. The quantitative estimate of drug-likeness (QED) is 0.781. The van der Waals surface area contributed by atoms with Gasteiger partial charge >= 0.3 is 0 Å². The molecule has 0 bridgehead atoms. The lowest BCUT2D eigenvalue weighted by molar-refractivity contribution is -0.122. The SMILES string of the molecule is O=C(C1CCOC1)N1CCCc2cc(F)cc(F)c21. The number of amides is 1. The van der Waals surface area contributed by atoms with Crippen LogP contribution in [-0.4, -0.2) is 25.7 Å². The van der Waals surface area contributed by atoms with E-state index in [2.05, 4.69) is 0 Å². The number of aryl methyl sites for hydroxylation is 1. The lowest BCUT2D eigenvalue weighted by Gasteiger charge is -2.31. The van der Waals surface area contributed by atoms with Crippen molar-refractivity contribution in [3.63, 3.8) is 0 Å². The van der Waals surface area contributed by atoms with Crippen molar-refractivity contribution in [3.05, 3.63) is 29.3 Å². The Morgan fingerprint density at radius 2 is 2.21 bits per heavy atom. The van der Waals surface area contributed by atoms with E-state index in [9.17, 15) is 13.6 Å². The van der Waals surface area contributed by atoms with Crippen LogP contribution in [0.1, 0.15) is 18.4 Å². The highest BCUT2D eigenvalue weighted by Crippen LogP contribution is 2.32. The van der Waals surface area contributed by atoms with Crippen molar-refractivity contribution in [2.75, 3.05) is 24.7 Å². The number of carbonyl (C=O) groups is 1. The number of hydrogen-bond acceptors (Lipinski definition) is 2. The van der Waals surface area contributed by atoms with Gasteiger partial charge in [0.1, 0.15) is 11.6 Å². The van der Waals surface area contributed by atoms with Crippen LogP contribution in [-0.2, 0) is 16.0 Å². The molecule has 1 aromatic carbocycles. The predicted octanol–water partition coefficient (Wildman–Crippen LogP) is 2.28. The highest BCUT2D eigenvalue weighted by Gasteiger charge is 2.33. The first-order valence-corrected chi connectivity index (χ1v) is 6.54. The molecule has 2 aliphatic heterocycles. The smallest absolute Gasteiger partial charge is 0.232 e. The van der Waals surface area contributed by atoms with Crippen LogP contribution in [0.2, 0.25) is 0 Å². The third-order valence-corrected chi connectivity index (χ3v) is 3.75. The third kappa shape index (κ3) is 2.23. The highest BCUT2D eigenvalue weighted by molar-refractivity contribution is 5.96. The van der Waals surface area contributed by atoms with Gasteiger partial charge in [-0.25, -0.2) is 8.78 Å². The van der Waals surface area contributed by atoms with E-state index in [1.165, 1.54) is 11.0 Å². The van der Waals surface area contributed by atoms with Crippen LogP contribution < -0.4 is 4.90 Å². The van der Waals surface area contributed by atoms with E-state index in [1.54, 1.807) is 0 Å². The second-order valence-corrected chi connectivity index (χ2v) is 5.05. The van der Waals surface area contributed by atoms with E-state index in [-0.39, 0.29) is 17.5 Å². The molecule has 0 saturated carbocycles. The summed E-state index contributed by atoms with van der Waals surface area (Å²) in [6, 6.07) is 2.17.